The normalized spacial score (nSPS) is 11.9. The van der Waals surface area contributed by atoms with Gasteiger partial charge in [-0.3, -0.25) is 4.79 Å². The van der Waals surface area contributed by atoms with E-state index in [4.69, 9.17) is 15.2 Å². The fraction of sp³-hybridized carbons (Fsp3) is 0.417. The van der Waals surface area contributed by atoms with E-state index in [-0.39, 0.29) is 30.6 Å². The highest BCUT2D eigenvalue weighted by molar-refractivity contribution is 7.89. The van der Waals surface area contributed by atoms with Gasteiger partial charge in [-0.05, 0) is 54.8 Å². The number of rotatable bonds is 10. The quantitative estimate of drug-likeness (QED) is 0.421. The molecule has 0 radical (unpaired) electrons. The Morgan fingerprint density at radius 2 is 1.80 bits per heavy atom. The molecule has 0 saturated heterocycles. The monoisotopic (exact) mass is 503 g/mol. The summed E-state index contributed by atoms with van der Waals surface area (Å²) in [5.74, 6) is 0.828. The van der Waals surface area contributed by atoms with Gasteiger partial charge in [0.2, 0.25) is 21.9 Å². The summed E-state index contributed by atoms with van der Waals surface area (Å²) in [5, 5.41) is 0. The van der Waals surface area contributed by atoms with Crippen LogP contribution in [0.1, 0.15) is 16.7 Å². The van der Waals surface area contributed by atoms with E-state index in [0.29, 0.717) is 29.4 Å². The molecule has 0 aliphatic heterocycles. The number of carbonyl (C=O) groups is 1. The number of benzene rings is 2. The molecule has 1 amide bonds. The number of carbonyl (C=O) groups excluding carboxylic acids is 1. The predicted molar refractivity (Wildman–Crippen MR) is 135 cm³/mol. The Hall–Kier alpha value is -3.15. The summed E-state index contributed by atoms with van der Waals surface area (Å²) in [6, 6.07) is 9.14. The van der Waals surface area contributed by atoms with Gasteiger partial charge in [0.1, 0.15) is 12.4 Å². The molecule has 35 heavy (non-hydrogen) atoms. The van der Waals surface area contributed by atoms with Crippen LogP contribution in [0.3, 0.4) is 0 Å². The highest BCUT2D eigenvalue weighted by Gasteiger charge is 2.25. The van der Waals surface area contributed by atoms with Crippen molar-refractivity contribution < 1.29 is 22.7 Å². The summed E-state index contributed by atoms with van der Waals surface area (Å²) in [7, 11) is 2.86. The Kier molecular flexibility index (Phi) is 8.04. The third kappa shape index (κ3) is 5.75. The first-order chi connectivity index (χ1) is 16.4. The van der Waals surface area contributed by atoms with E-state index in [0.717, 1.165) is 16.6 Å². The molecule has 0 aliphatic carbocycles. The maximum Gasteiger partial charge on any atom is 0.248 e. The van der Waals surface area contributed by atoms with E-state index in [9.17, 15) is 13.2 Å². The zero-order valence-corrected chi connectivity index (χ0v) is 21.8. The van der Waals surface area contributed by atoms with Crippen molar-refractivity contribution in [2.45, 2.75) is 25.3 Å². The fourth-order valence-electron chi connectivity index (χ4n) is 3.90. The number of hydrogen-bond donors (Lipinski definition) is 1. The van der Waals surface area contributed by atoms with Gasteiger partial charge in [0.05, 0.1) is 29.6 Å². The van der Waals surface area contributed by atoms with Crippen molar-refractivity contribution in [3.05, 3.63) is 47.0 Å². The molecule has 3 rings (SSSR count). The molecule has 10 nitrogen and oxygen atoms in total. The number of nitrogen functional groups attached to an aromatic ring is 1. The van der Waals surface area contributed by atoms with Gasteiger partial charge in [-0.15, -0.1) is 0 Å². The molecule has 1 heterocycles. The molecule has 0 atom stereocenters. The largest absolute Gasteiger partial charge is 0.497 e. The van der Waals surface area contributed by atoms with Gasteiger partial charge in [0.15, 0.2) is 0 Å². The highest BCUT2D eigenvalue weighted by atomic mass is 32.2. The predicted octanol–water partition coefficient (Wildman–Crippen LogP) is 2.08. The average molecular weight is 504 g/mol. The number of imidazole rings is 1. The van der Waals surface area contributed by atoms with Crippen molar-refractivity contribution in [2.24, 2.45) is 7.05 Å². The van der Waals surface area contributed by atoms with Crippen LogP contribution >= 0.6 is 0 Å². The lowest BCUT2D eigenvalue weighted by atomic mass is 10.1. The molecule has 0 fully saturated rings. The Bertz CT molecular complexity index is 1310. The first-order valence-electron chi connectivity index (χ1n) is 11.1. The summed E-state index contributed by atoms with van der Waals surface area (Å²) >= 11 is 0. The van der Waals surface area contributed by atoms with E-state index in [1.165, 1.54) is 11.4 Å². The Morgan fingerprint density at radius 1 is 1.14 bits per heavy atom. The number of aryl methyl sites for hydroxylation is 3. The van der Waals surface area contributed by atoms with E-state index < -0.39 is 10.0 Å². The summed E-state index contributed by atoms with van der Waals surface area (Å²) in [6.07, 6.45) is 0. The van der Waals surface area contributed by atoms with Crippen molar-refractivity contribution in [1.29, 1.82) is 0 Å². The van der Waals surface area contributed by atoms with Gasteiger partial charge in [0, 0.05) is 34.2 Å². The third-order valence-electron chi connectivity index (χ3n) is 5.94. The number of fused-ring (bicyclic) bond motifs is 1. The number of ether oxygens (including phenoxy) is 2. The Labute approximate surface area is 206 Å². The SMILES string of the molecule is COc1cc(C)c(S(=O)(=O)N(C)CCOCC(=O)N(C)Cc2ccc3c(c2)nc(N)n3C)c(C)c1. The van der Waals surface area contributed by atoms with E-state index in [1.807, 2.05) is 25.2 Å². The fourth-order valence-corrected chi connectivity index (χ4v) is 5.46. The molecular formula is C24H33N5O5S. The van der Waals surface area contributed by atoms with Crippen LogP contribution in [-0.2, 0) is 33.1 Å². The maximum atomic E-state index is 13.1. The summed E-state index contributed by atoms with van der Waals surface area (Å²) in [4.78, 5) is 18.6. The molecule has 3 aromatic rings. The second-order valence-corrected chi connectivity index (χ2v) is 10.6. The lowest BCUT2D eigenvalue weighted by molar-refractivity contribution is -0.135. The molecule has 0 unspecified atom stereocenters. The van der Waals surface area contributed by atoms with E-state index in [1.54, 1.807) is 49.6 Å². The molecule has 1 aromatic heterocycles. The van der Waals surface area contributed by atoms with Crippen LogP contribution in [0.5, 0.6) is 5.75 Å². The van der Waals surface area contributed by atoms with Crippen LogP contribution in [0.4, 0.5) is 5.95 Å². The summed E-state index contributed by atoms with van der Waals surface area (Å²) in [6.45, 7) is 3.91. The van der Waals surface area contributed by atoms with Gasteiger partial charge >= 0.3 is 0 Å². The van der Waals surface area contributed by atoms with Crippen LogP contribution < -0.4 is 10.5 Å². The van der Waals surface area contributed by atoms with E-state index in [2.05, 4.69) is 4.98 Å². The minimum atomic E-state index is -3.72. The number of likely N-dealkylation sites (N-methyl/N-ethyl adjacent to an activating group) is 2. The molecule has 0 saturated carbocycles. The van der Waals surface area contributed by atoms with Gasteiger partial charge in [-0.1, -0.05) is 6.07 Å². The smallest absolute Gasteiger partial charge is 0.248 e. The van der Waals surface area contributed by atoms with Crippen molar-refractivity contribution in [2.75, 3.05) is 46.7 Å². The molecule has 0 aliphatic rings. The first kappa shape index (κ1) is 26.5. The number of amides is 1. The molecule has 0 bridgehead atoms. The summed E-state index contributed by atoms with van der Waals surface area (Å²) < 4.78 is 39.9. The number of aromatic nitrogens is 2. The minimum Gasteiger partial charge on any atom is -0.497 e. The lowest BCUT2D eigenvalue weighted by Gasteiger charge is -2.21. The third-order valence-corrected chi connectivity index (χ3v) is 8.10. The number of hydrogen-bond acceptors (Lipinski definition) is 7. The van der Waals surface area contributed by atoms with Crippen LogP contribution in [0.15, 0.2) is 35.2 Å². The van der Waals surface area contributed by atoms with Gasteiger partial charge in [-0.2, -0.15) is 4.31 Å². The molecular weight excluding hydrogens is 470 g/mol. The molecule has 2 N–H and O–H groups in total. The van der Waals surface area contributed by atoms with Crippen LogP contribution in [0.25, 0.3) is 11.0 Å². The van der Waals surface area contributed by atoms with E-state index >= 15 is 0 Å². The molecule has 0 spiro atoms. The molecule has 190 valence electrons. The van der Waals surface area contributed by atoms with Crippen LogP contribution in [0.2, 0.25) is 0 Å². The average Bonchev–Trinajstić information content (AvgIpc) is 3.08. The van der Waals surface area contributed by atoms with Gasteiger partial charge in [0.25, 0.3) is 0 Å². The molecule has 11 heteroatoms. The number of nitrogens with two attached hydrogens (primary N) is 1. The minimum absolute atomic E-state index is 0.0860. The topological polar surface area (TPSA) is 120 Å². The number of sulfonamides is 1. The lowest BCUT2D eigenvalue weighted by Crippen LogP contribution is -2.33. The zero-order chi connectivity index (χ0) is 25.9. The Morgan fingerprint density at radius 3 is 2.43 bits per heavy atom. The van der Waals surface area contributed by atoms with Crippen molar-refractivity contribution in [3.8, 4) is 5.75 Å². The number of methoxy groups -OCH3 is 1. The first-order valence-corrected chi connectivity index (χ1v) is 12.5. The zero-order valence-electron chi connectivity index (χ0n) is 21.0. The van der Waals surface area contributed by atoms with Crippen LogP contribution in [-0.4, -0.2) is 74.0 Å². The van der Waals surface area contributed by atoms with Crippen molar-refractivity contribution in [3.63, 3.8) is 0 Å². The van der Waals surface area contributed by atoms with Gasteiger partial charge < -0.3 is 24.7 Å². The summed E-state index contributed by atoms with van der Waals surface area (Å²) in [5.41, 5.74) is 9.68. The highest BCUT2D eigenvalue weighted by Crippen LogP contribution is 2.27. The Balaban J connectivity index is 1.52. The standard InChI is InChI=1S/C24H33N5O5S/c1-16-11-19(33-6)12-17(2)23(16)35(31,32)28(4)9-10-34-15-22(30)27(3)14-18-7-8-21-20(13-18)26-24(25)29(21)5/h7-8,11-13H,9-10,14-15H2,1-6H3,(H2,25,26). The second-order valence-electron chi connectivity index (χ2n) is 8.57. The number of anilines is 1. The maximum absolute atomic E-state index is 13.1. The van der Waals surface area contributed by atoms with Crippen molar-refractivity contribution >= 4 is 32.9 Å². The van der Waals surface area contributed by atoms with Crippen molar-refractivity contribution in [1.82, 2.24) is 18.8 Å². The van der Waals surface area contributed by atoms with Gasteiger partial charge in [-0.25, -0.2) is 13.4 Å². The van der Waals surface area contributed by atoms with Crippen LogP contribution in [0, 0.1) is 13.8 Å². The molecule has 2 aromatic carbocycles. The second kappa shape index (κ2) is 10.6. The number of nitrogens with zero attached hydrogens (tertiary/aromatic N) is 4.